The number of carbonyl (C=O) groups excluding carboxylic acids is 2. The molecule has 0 radical (unpaired) electrons. The molecule has 2 unspecified atom stereocenters. The summed E-state index contributed by atoms with van der Waals surface area (Å²) in [7, 11) is 1.37. The van der Waals surface area contributed by atoms with Crippen molar-refractivity contribution in [1.82, 2.24) is 4.90 Å². The molecule has 3 aromatic carbocycles. The molecule has 4 rings (SSSR count). The summed E-state index contributed by atoms with van der Waals surface area (Å²) in [5, 5.41) is 0. The Hall–Kier alpha value is -3.44. The second-order valence-electron chi connectivity index (χ2n) is 8.39. The van der Waals surface area contributed by atoms with Gasteiger partial charge in [0.05, 0.1) is 26.2 Å². The Balaban J connectivity index is 1.53. The van der Waals surface area contributed by atoms with Crippen LogP contribution in [0.25, 0.3) is 0 Å². The maximum atomic E-state index is 13.9. The number of carbonyl (C=O) groups is 2. The van der Waals surface area contributed by atoms with Crippen LogP contribution in [-0.4, -0.2) is 43.1 Å². The van der Waals surface area contributed by atoms with Gasteiger partial charge in [0.25, 0.3) is 0 Å². The molecule has 0 spiro atoms. The zero-order chi connectivity index (χ0) is 23.0. The van der Waals surface area contributed by atoms with Crippen LogP contribution in [0.1, 0.15) is 29.0 Å². The number of methoxy groups -OCH3 is 1. The van der Waals surface area contributed by atoms with Gasteiger partial charge in [-0.3, -0.25) is 4.79 Å². The topological polar surface area (TPSA) is 55.8 Å². The molecule has 0 aliphatic carbocycles. The van der Waals surface area contributed by atoms with Gasteiger partial charge in [-0.2, -0.15) is 0 Å². The molecule has 1 aliphatic heterocycles. The van der Waals surface area contributed by atoms with Crippen molar-refractivity contribution in [1.29, 1.82) is 0 Å². The second-order valence-corrected chi connectivity index (χ2v) is 8.39. The highest BCUT2D eigenvalue weighted by molar-refractivity contribution is 5.91. The summed E-state index contributed by atoms with van der Waals surface area (Å²) < 4.78 is 11.0. The summed E-state index contributed by atoms with van der Waals surface area (Å²) in [5.74, 6) is -0.889. The summed E-state index contributed by atoms with van der Waals surface area (Å²) >= 11 is 0. The molecule has 5 heteroatoms. The quantitative estimate of drug-likeness (QED) is 0.484. The van der Waals surface area contributed by atoms with Gasteiger partial charge in [0, 0.05) is 12.5 Å². The number of likely N-dealkylation sites (tertiary alicyclic amines) is 1. The molecule has 1 heterocycles. The van der Waals surface area contributed by atoms with Crippen LogP contribution in [0.3, 0.4) is 0 Å². The average molecular weight is 444 g/mol. The number of amides is 1. The molecule has 0 N–H and O–H groups in total. The molecule has 33 heavy (non-hydrogen) atoms. The predicted molar refractivity (Wildman–Crippen MR) is 126 cm³/mol. The molecule has 0 saturated carbocycles. The Morgan fingerprint density at radius 1 is 0.879 bits per heavy atom. The summed E-state index contributed by atoms with van der Waals surface area (Å²) in [4.78, 5) is 28.2. The lowest BCUT2D eigenvalue weighted by Crippen LogP contribution is -2.43. The molecule has 5 nitrogen and oxygen atoms in total. The van der Waals surface area contributed by atoms with E-state index in [0.29, 0.717) is 26.2 Å². The van der Waals surface area contributed by atoms with Gasteiger partial charge in [-0.1, -0.05) is 91.0 Å². The number of hydrogen-bond acceptors (Lipinski definition) is 4. The highest BCUT2D eigenvalue weighted by atomic mass is 16.5. The van der Waals surface area contributed by atoms with Gasteiger partial charge in [-0.25, -0.2) is 4.79 Å². The lowest BCUT2D eigenvalue weighted by molar-refractivity contribution is -0.151. The molecule has 1 aliphatic rings. The van der Waals surface area contributed by atoms with Crippen molar-refractivity contribution in [2.75, 3.05) is 20.3 Å². The van der Waals surface area contributed by atoms with Gasteiger partial charge in [-0.05, 0) is 23.1 Å². The first-order valence-corrected chi connectivity index (χ1v) is 11.3. The van der Waals surface area contributed by atoms with Crippen molar-refractivity contribution in [3.63, 3.8) is 0 Å². The fourth-order valence-corrected chi connectivity index (χ4v) is 4.50. The Morgan fingerprint density at radius 3 is 1.97 bits per heavy atom. The van der Waals surface area contributed by atoms with Crippen molar-refractivity contribution in [2.24, 2.45) is 5.92 Å². The Bertz CT molecular complexity index is 1000. The van der Waals surface area contributed by atoms with E-state index < -0.39 is 12.0 Å². The van der Waals surface area contributed by atoms with E-state index in [9.17, 15) is 9.59 Å². The Labute approximate surface area is 194 Å². The third kappa shape index (κ3) is 5.49. The monoisotopic (exact) mass is 443 g/mol. The number of rotatable bonds is 8. The third-order valence-electron chi connectivity index (χ3n) is 6.12. The van der Waals surface area contributed by atoms with Crippen molar-refractivity contribution < 1.29 is 19.1 Å². The number of esters is 1. The van der Waals surface area contributed by atoms with E-state index >= 15 is 0 Å². The number of nitrogens with zero attached hydrogens (tertiary/aromatic N) is 1. The zero-order valence-electron chi connectivity index (χ0n) is 18.8. The number of ether oxygens (including phenoxy) is 2. The van der Waals surface area contributed by atoms with Crippen LogP contribution in [0.15, 0.2) is 91.0 Å². The first kappa shape index (κ1) is 22.7. The summed E-state index contributed by atoms with van der Waals surface area (Å²) in [5.41, 5.74) is 2.91. The van der Waals surface area contributed by atoms with Crippen LogP contribution in [0.5, 0.6) is 0 Å². The SMILES string of the molecule is COC(=O)C1CC(COCc2ccccc2)CN1C(=O)C(c1ccccc1)c1ccccc1. The van der Waals surface area contributed by atoms with E-state index in [1.807, 2.05) is 91.0 Å². The molecule has 1 amide bonds. The van der Waals surface area contributed by atoms with Crippen LogP contribution in [-0.2, 0) is 25.7 Å². The number of benzene rings is 3. The predicted octanol–water partition coefficient (Wildman–Crippen LogP) is 4.43. The summed E-state index contributed by atoms with van der Waals surface area (Å²) in [6, 6.07) is 28.8. The fraction of sp³-hybridized carbons (Fsp3) is 0.286. The minimum absolute atomic E-state index is 0.0639. The molecular weight excluding hydrogens is 414 g/mol. The van der Waals surface area contributed by atoms with Crippen molar-refractivity contribution in [2.45, 2.75) is 25.0 Å². The largest absolute Gasteiger partial charge is 0.467 e. The van der Waals surface area contributed by atoms with Crippen LogP contribution in [0, 0.1) is 5.92 Å². The molecular formula is C28H29NO4. The van der Waals surface area contributed by atoms with Crippen LogP contribution in [0.4, 0.5) is 0 Å². The lowest BCUT2D eigenvalue weighted by atomic mass is 9.90. The van der Waals surface area contributed by atoms with Gasteiger partial charge in [0.2, 0.25) is 5.91 Å². The third-order valence-corrected chi connectivity index (χ3v) is 6.12. The van der Waals surface area contributed by atoms with E-state index in [-0.39, 0.29) is 17.8 Å². The lowest BCUT2D eigenvalue weighted by Gasteiger charge is -2.28. The van der Waals surface area contributed by atoms with Crippen LogP contribution in [0.2, 0.25) is 0 Å². The average Bonchev–Trinajstić information content (AvgIpc) is 3.30. The molecule has 1 fully saturated rings. The molecule has 0 aromatic heterocycles. The van der Waals surface area contributed by atoms with Gasteiger partial charge in [-0.15, -0.1) is 0 Å². The van der Waals surface area contributed by atoms with Crippen LogP contribution < -0.4 is 0 Å². The highest BCUT2D eigenvalue weighted by Crippen LogP contribution is 2.32. The highest BCUT2D eigenvalue weighted by Gasteiger charge is 2.42. The van der Waals surface area contributed by atoms with E-state index in [0.717, 1.165) is 16.7 Å². The van der Waals surface area contributed by atoms with E-state index in [4.69, 9.17) is 9.47 Å². The maximum Gasteiger partial charge on any atom is 0.328 e. The van der Waals surface area contributed by atoms with E-state index in [1.165, 1.54) is 7.11 Å². The van der Waals surface area contributed by atoms with Crippen LogP contribution >= 0.6 is 0 Å². The van der Waals surface area contributed by atoms with E-state index in [1.54, 1.807) is 4.90 Å². The van der Waals surface area contributed by atoms with Gasteiger partial charge < -0.3 is 14.4 Å². The molecule has 0 bridgehead atoms. The van der Waals surface area contributed by atoms with Crippen molar-refractivity contribution in [3.05, 3.63) is 108 Å². The molecule has 3 aromatic rings. The van der Waals surface area contributed by atoms with Gasteiger partial charge >= 0.3 is 5.97 Å². The fourth-order valence-electron chi connectivity index (χ4n) is 4.50. The maximum absolute atomic E-state index is 13.9. The Kier molecular flexibility index (Phi) is 7.53. The summed E-state index contributed by atoms with van der Waals surface area (Å²) in [6.45, 7) is 1.45. The Morgan fingerprint density at radius 2 is 1.42 bits per heavy atom. The minimum atomic E-state index is -0.609. The second kappa shape index (κ2) is 10.9. The minimum Gasteiger partial charge on any atom is -0.467 e. The van der Waals surface area contributed by atoms with E-state index in [2.05, 4.69) is 0 Å². The molecule has 1 saturated heterocycles. The zero-order valence-corrected chi connectivity index (χ0v) is 18.8. The first-order valence-electron chi connectivity index (χ1n) is 11.3. The van der Waals surface area contributed by atoms with Gasteiger partial charge in [0.1, 0.15) is 6.04 Å². The van der Waals surface area contributed by atoms with Crippen molar-refractivity contribution >= 4 is 11.9 Å². The molecule has 2 atom stereocenters. The molecule has 170 valence electrons. The summed E-state index contributed by atoms with van der Waals surface area (Å²) in [6.07, 6.45) is 0.531. The number of hydrogen-bond donors (Lipinski definition) is 0. The first-order chi connectivity index (χ1) is 16.2. The van der Waals surface area contributed by atoms with Crippen molar-refractivity contribution in [3.8, 4) is 0 Å². The smallest absolute Gasteiger partial charge is 0.328 e. The normalized spacial score (nSPS) is 17.8. The van der Waals surface area contributed by atoms with Gasteiger partial charge in [0.15, 0.2) is 0 Å². The standard InChI is InChI=1S/C28H29NO4/c1-32-28(31)25-17-22(20-33-19-21-11-5-2-6-12-21)18-29(25)27(30)26(23-13-7-3-8-14-23)24-15-9-4-10-16-24/h2-16,22,25-26H,17-20H2,1H3.